The third-order valence-corrected chi connectivity index (χ3v) is 9.74. The Morgan fingerprint density at radius 3 is 2.68 bits per heavy atom. The fourth-order valence-corrected chi connectivity index (χ4v) is 7.55. The van der Waals surface area contributed by atoms with Gasteiger partial charge in [-0.3, -0.25) is 14.5 Å². The van der Waals surface area contributed by atoms with Gasteiger partial charge >= 0.3 is 5.97 Å². The van der Waals surface area contributed by atoms with Crippen LogP contribution in [-0.2, 0) is 29.1 Å². The Balaban J connectivity index is 1.46. The number of allylic oxidation sites excluding steroid dienone is 1. The second-order valence-electron chi connectivity index (χ2n) is 8.92. The first-order valence-corrected chi connectivity index (χ1v) is 14.7. The smallest absolute Gasteiger partial charge is 0.352 e. The van der Waals surface area contributed by atoms with Gasteiger partial charge in [0.2, 0.25) is 11.5 Å². The molecule has 0 aromatic carbocycles. The van der Waals surface area contributed by atoms with E-state index < -0.39 is 39.0 Å². The molecule has 0 unspecified atom stereocenters. The summed E-state index contributed by atoms with van der Waals surface area (Å²) in [7, 11) is 0.200. The van der Waals surface area contributed by atoms with Gasteiger partial charge in [0.25, 0.3) is 11.8 Å². The first-order chi connectivity index (χ1) is 17.4. The first-order valence-electron chi connectivity index (χ1n) is 11.1. The van der Waals surface area contributed by atoms with Gasteiger partial charge in [-0.1, -0.05) is 11.2 Å². The number of thioether (sulfide) groups is 1. The second kappa shape index (κ2) is 10.4. The number of nitrogens with one attached hydrogen (secondary N) is 1. The van der Waals surface area contributed by atoms with Crippen molar-refractivity contribution in [3.8, 4) is 0 Å². The number of carbonyl (C=O) groups excluding carboxylic acids is 2. The summed E-state index contributed by atoms with van der Waals surface area (Å²) < 4.78 is 27.9. The van der Waals surface area contributed by atoms with E-state index in [4.69, 9.17) is 10.6 Å². The number of nitrogen functional groups attached to an aromatic ring is 1. The van der Waals surface area contributed by atoms with E-state index in [1.54, 1.807) is 6.08 Å². The van der Waals surface area contributed by atoms with Gasteiger partial charge in [-0.25, -0.2) is 13.2 Å². The van der Waals surface area contributed by atoms with Crippen LogP contribution in [-0.4, -0.2) is 118 Å². The molecule has 0 saturated carbocycles. The van der Waals surface area contributed by atoms with E-state index in [1.807, 2.05) is 13.1 Å². The van der Waals surface area contributed by atoms with Crippen molar-refractivity contribution >= 4 is 61.8 Å². The lowest BCUT2D eigenvalue weighted by atomic mass is 10.0. The summed E-state index contributed by atoms with van der Waals surface area (Å²) >= 11 is 2.19. The van der Waals surface area contributed by atoms with Gasteiger partial charge in [-0.15, -0.1) is 11.8 Å². The summed E-state index contributed by atoms with van der Waals surface area (Å²) in [5.74, 6) is -2.09. The molecule has 200 valence electrons. The number of aliphatic carboxylic acids is 1. The van der Waals surface area contributed by atoms with Crippen molar-refractivity contribution in [3.63, 3.8) is 0 Å². The highest BCUT2D eigenvalue weighted by atomic mass is 32.2. The molecule has 0 radical (unpaired) electrons. The van der Waals surface area contributed by atoms with E-state index in [9.17, 15) is 27.9 Å². The van der Waals surface area contributed by atoms with Crippen LogP contribution >= 0.6 is 23.3 Å². The van der Waals surface area contributed by atoms with Crippen molar-refractivity contribution in [2.45, 2.75) is 11.4 Å². The van der Waals surface area contributed by atoms with E-state index in [2.05, 4.69) is 19.8 Å². The highest BCUT2D eigenvalue weighted by molar-refractivity contribution is 8.00. The number of rotatable bonds is 8. The molecule has 3 aliphatic rings. The van der Waals surface area contributed by atoms with E-state index in [0.717, 1.165) is 16.4 Å². The molecule has 4 N–H and O–H groups in total. The summed E-state index contributed by atoms with van der Waals surface area (Å²) in [6, 6.07) is -0.977. The van der Waals surface area contributed by atoms with Crippen LogP contribution in [0, 0.1) is 0 Å². The van der Waals surface area contributed by atoms with Crippen LogP contribution in [0.15, 0.2) is 28.6 Å². The number of carboxylic acid groups (broad SMARTS) is 1. The molecule has 0 bridgehead atoms. The molecule has 2 saturated heterocycles. The molecule has 14 nitrogen and oxygen atoms in total. The molecule has 1 aromatic rings. The number of nitrogens with zero attached hydrogens (tertiary/aromatic N) is 5. The highest BCUT2D eigenvalue weighted by Crippen LogP contribution is 2.40. The van der Waals surface area contributed by atoms with Crippen molar-refractivity contribution in [2.75, 3.05) is 56.8 Å². The van der Waals surface area contributed by atoms with Gasteiger partial charge in [-0.2, -0.15) is 9.36 Å². The topological polar surface area (TPSA) is 194 Å². The zero-order valence-corrected chi connectivity index (χ0v) is 22.4. The maximum absolute atomic E-state index is 12.9. The Hall–Kier alpha value is -3.02. The number of sulfone groups is 1. The minimum atomic E-state index is -3.00. The number of amides is 2. The van der Waals surface area contributed by atoms with Gasteiger partial charge in [-0.05, 0) is 11.6 Å². The molecule has 2 fully saturated rings. The van der Waals surface area contributed by atoms with Crippen molar-refractivity contribution < 1.29 is 37.2 Å². The van der Waals surface area contributed by atoms with Crippen molar-refractivity contribution in [1.82, 2.24) is 19.6 Å². The van der Waals surface area contributed by atoms with E-state index in [-0.39, 0.29) is 33.9 Å². The van der Waals surface area contributed by atoms with Gasteiger partial charge in [0, 0.05) is 17.3 Å². The van der Waals surface area contributed by atoms with Crippen molar-refractivity contribution in [2.24, 2.45) is 5.16 Å². The monoisotopic (exact) mass is 572 g/mol. The molecular formula is C20H26N7O7S3+. The minimum Gasteiger partial charge on any atom is -0.477 e. The molecule has 17 heteroatoms. The fourth-order valence-electron chi connectivity index (χ4n) is 4.15. The number of hydrogen-bond donors (Lipinski definition) is 3. The number of hydrogen-bond acceptors (Lipinski definition) is 12. The molecule has 37 heavy (non-hydrogen) atoms. The average molecular weight is 573 g/mol. The Morgan fingerprint density at radius 1 is 1.38 bits per heavy atom. The molecule has 4 rings (SSSR count). The lowest BCUT2D eigenvalue weighted by molar-refractivity contribution is -0.900. The third kappa shape index (κ3) is 5.63. The Kier molecular flexibility index (Phi) is 7.59. The van der Waals surface area contributed by atoms with Crippen LogP contribution in [0.3, 0.4) is 0 Å². The van der Waals surface area contributed by atoms with E-state index in [1.165, 1.54) is 18.9 Å². The van der Waals surface area contributed by atoms with Crippen LogP contribution < -0.4 is 11.1 Å². The zero-order valence-electron chi connectivity index (χ0n) is 20.0. The SMILES string of the molecule is CO/N=C(\C(=O)N[C@@H]1C(=O)N2C(C(=O)O)=C(/C=C/C[N+]3(C)CCS(=O)(=O)CC3)CS[C@@H]12)c1nsc(N)n1. The predicted molar refractivity (Wildman–Crippen MR) is 136 cm³/mol. The maximum atomic E-state index is 12.9. The normalized spacial score (nSPS) is 25.0. The fraction of sp³-hybridized carbons (Fsp3) is 0.500. The van der Waals surface area contributed by atoms with Crippen LogP contribution in [0.2, 0.25) is 0 Å². The maximum Gasteiger partial charge on any atom is 0.352 e. The molecule has 2 amide bonds. The van der Waals surface area contributed by atoms with E-state index in [0.29, 0.717) is 35.4 Å². The largest absolute Gasteiger partial charge is 0.477 e. The molecular weight excluding hydrogens is 546 g/mol. The van der Waals surface area contributed by atoms with Gasteiger partial charge in [0.1, 0.15) is 24.2 Å². The number of nitrogens with two attached hydrogens (primary N) is 1. The Bertz CT molecular complexity index is 1310. The van der Waals surface area contributed by atoms with Gasteiger partial charge < -0.3 is 25.5 Å². The summed E-state index contributed by atoms with van der Waals surface area (Å²) in [4.78, 5) is 47.6. The lowest BCUT2D eigenvalue weighted by Crippen LogP contribution is -2.71. The number of fused-ring (bicyclic) bond motifs is 1. The number of aromatic nitrogens is 2. The Labute approximate surface area is 220 Å². The number of carboxylic acids is 1. The van der Waals surface area contributed by atoms with Gasteiger partial charge in [0.15, 0.2) is 15.0 Å². The second-order valence-corrected chi connectivity index (χ2v) is 13.1. The summed E-state index contributed by atoms with van der Waals surface area (Å²) in [5, 5.41) is 15.6. The quantitative estimate of drug-likeness (QED) is 0.144. The molecule has 2 atom stereocenters. The van der Waals surface area contributed by atoms with Gasteiger partial charge in [0.05, 0.1) is 38.2 Å². The number of β-lactam (4-membered cyclic amide) rings is 1. The molecule has 0 aliphatic carbocycles. The number of anilines is 1. The molecule has 0 spiro atoms. The zero-order chi connectivity index (χ0) is 27.0. The number of carbonyl (C=O) groups is 3. The highest BCUT2D eigenvalue weighted by Gasteiger charge is 2.54. The number of oxime groups is 1. The molecule has 4 heterocycles. The van der Waals surface area contributed by atoms with Crippen LogP contribution in [0.1, 0.15) is 5.82 Å². The first kappa shape index (κ1) is 27.0. The third-order valence-electron chi connectivity index (χ3n) is 6.29. The van der Waals surface area contributed by atoms with Crippen LogP contribution in [0.5, 0.6) is 0 Å². The van der Waals surface area contributed by atoms with Crippen LogP contribution in [0.4, 0.5) is 5.13 Å². The van der Waals surface area contributed by atoms with E-state index >= 15 is 0 Å². The number of likely N-dealkylation sites (N-methyl/N-ethyl adjacent to an activating group) is 1. The lowest BCUT2D eigenvalue weighted by Gasteiger charge is -2.49. The summed E-state index contributed by atoms with van der Waals surface area (Å²) in [6.07, 6.45) is 3.50. The molecule has 1 aromatic heterocycles. The minimum absolute atomic E-state index is 0.0528. The average Bonchev–Trinajstić information content (AvgIpc) is 3.28. The van der Waals surface area contributed by atoms with Crippen LogP contribution in [0.25, 0.3) is 0 Å². The molecule has 3 aliphatic heterocycles. The Morgan fingerprint density at radius 2 is 2.08 bits per heavy atom. The standard InChI is InChI=1S/C20H25N7O7S3/c1-27(6-8-37(32,33)9-7-27)5-3-4-11-10-35-18-13(17(29)26(18)14(11)19(30)31)22-16(28)12(24-34-2)15-23-20(21)36-25-15/h3-4,13,18H,5-10H2,1-2H3,(H3-,21,22,23,25,28,30,31)/p+1/b4-3+,24-12-/t13-,18+/m1/s1. The summed E-state index contributed by atoms with van der Waals surface area (Å²) in [6.45, 7) is 1.50. The predicted octanol–water partition coefficient (Wildman–Crippen LogP) is -1.36. The van der Waals surface area contributed by atoms with Crippen molar-refractivity contribution in [3.05, 3.63) is 29.2 Å². The summed E-state index contributed by atoms with van der Waals surface area (Å²) in [5.41, 5.74) is 5.64. The van der Waals surface area contributed by atoms with Crippen molar-refractivity contribution in [1.29, 1.82) is 0 Å². The number of quaternary nitrogens is 1.